The molecule has 0 radical (unpaired) electrons. The van der Waals surface area contributed by atoms with Gasteiger partial charge in [-0.25, -0.2) is 0 Å². The van der Waals surface area contributed by atoms with Crippen molar-refractivity contribution in [2.75, 3.05) is 7.11 Å². The summed E-state index contributed by atoms with van der Waals surface area (Å²) in [6, 6.07) is 9.62. The molecule has 0 fully saturated rings. The van der Waals surface area contributed by atoms with Gasteiger partial charge in [-0.3, -0.25) is 4.79 Å². The van der Waals surface area contributed by atoms with Crippen molar-refractivity contribution in [3.05, 3.63) is 51.4 Å². The molecule has 1 unspecified atom stereocenters. The van der Waals surface area contributed by atoms with Crippen LogP contribution in [0.1, 0.15) is 42.5 Å². The smallest absolute Gasteiger partial charge is 0.266 e. The van der Waals surface area contributed by atoms with Gasteiger partial charge in [0, 0.05) is 11.3 Å². The molecule has 1 N–H and O–H groups in total. The summed E-state index contributed by atoms with van der Waals surface area (Å²) in [6.07, 6.45) is 3.04. The zero-order valence-electron chi connectivity index (χ0n) is 12.8. The highest BCUT2D eigenvalue weighted by molar-refractivity contribution is 5.75. The second-order valence-corrected chi connectivity index (χ2v) is 5.73. The first-order chi connectivity index (χ1) is 10.7. The number of H-pyrrole nitrogens is 1. The predicted octanol–water partition coefficient (Wildman–Crippen LogP) is 3.36. The van der Waals surface area contributed by atoms with Crippen molar-refractivity contribution in [2.45, 2.75) is 32.1 Å². The molecule has 4 nitrogen and oxygen atoms in total. The number of nitrogens with zero attached hydrogens (tertiary/aromatic N) is 1. The first-order valence-corrected chi connectivity index (χ1v) is 7.49. The Kier molecular flexibility index (Phi) is 3.72. The third kappa shape index (κ3) is 2.29. The number of aromatic amines is 1. The fourth-order valence-electron chi connectivity index (χ4n) is 3.25. The molecule has 112 valence electrons. The molecule has 1 aromatic heterocycles. The van der Waals surface area contributed by atoms with Crippen LogP contribution in [0, 0.1) is 11.3 Å². The van der Waals surface area contributed by atoms with Crippen molar-refractivity contribution in [1.29, 1.82) is 5.26 Å². The Morgan fingerprint density at radius 3 is 2.68 bits per heavy atom. The summed E-state index contributed by atoms with van der Waals surface area (Å²) in [5.41, 5.74) is 3.70. The number of nitriles is 1. The lowest BCUT2D eigenvalue weighted by atomic mass is 9.82. The SMILES string of the molecule is COc1ccc(-c2c3c([nH]c(=O)c2C#N)C(C)CCC3)cc1. The molecule has 0 aliphatic heterocycles. The molecule has 0 amide bonds. The first-order valence-electron chi connectivity index (χ1n) is 7.49. The second kappa shape index (κ2) is 5.69. The van der Waals surface area contributed by atoms with Crippen LogP contribution in [0.5, 0.6) is 5.75 Å². The summed E-state index contributed by atoms with van der Waals surface area (Å²) in [6.45, 7) is 2.12. The lowest BCUT2D eigenvalue weighted by molar-refractivity contribution is 0.415. The van der Waals surface area contributed by atoms with Crippen molar-refractivity contribution >= 4 is 0 Å². The Balaban J connectivity index is 2.28. The highest BCUT2D eigenvalue weighted by Crippen LogP contribution is 2.36. The van der Waals surface area contributed by atoms with Gasteiger partial charge in [0.2, 0.25) is 0 Å². The topological polar surface area (TPSA) is 65.9 Å². The van der Waals surface area contributed by atoms with Gasteiger partial charge < -0.3 is 9.72 Å². The number of hydrogen-bond acceptors (Lipinski definition) is 3. The molecule has 2 aromatic rings. The van der Waals surface area contributed by atoms with Gasteiger partial charge in [-0.05, 0) is 48.4 Å². The number of aromatic nitrogens is 1. The molecule has 1 atom stereocenters. The van der Waals surface area contributed by atoms with Crippen LogP contribution in [0.15, 0.2) is 29.1 Å². The molecule has 1 aliphatic rings. The molecular formula is C18H18N2O2. The standard InChI is InChI=1S/C18H18N2O2/c1-11-4-3-5-14-16(12-6-8-13(22-2)9-7-12)15(10-19)18(21)20-17(11)14/h6-9,11H,3-5H2,1-2H3,(H,20,21). The van der Waals surface area contributed by atoms with E-state index >= 15 is 0 Å². The quantitative estimate of drug-likeness (QED) is 0.923. The molecule has 0 saturated heterocycles. The van der Waals surface area contributed by atoms with E-state index in [4.69, 9.17) is 4.74 Å². The predicted molar refractivity (Wildman–Crippen MR) is 85.1 cm³/mol. The maximum atomic E-state index is 12.3. The minimum Gasteiger partial charge on any atom is -0.497 e. The van der Waals surface area contributed by atoms with Crippen molar-refractivity contribution in [3.63, 3.8) is 0 Å². The molecule has 0 bridgehead atoms. The molecule has 1 heterocycles. The van der Waals surface area contributed by atoms with Gasteiger partial charge in [-0.15, -0.1) is 0 Å². The van der Waals surface area contributed by atoms with Gasteiger partial charge in [0.25, 0.3) is 5.56 Å². The fourth-order valence-corrected chi connectivity index (χ4v) is 3.25. The minimum atomic E-state index is -0.291. The summed E-state index contributed by atoms with van der Waals surface area (Å²) in [5, 5.41) is 9.43. The Hall–Kier alpha value is -2.54. The summed E-state index contributed by atoms with van der Waals surface area (Å²) >= 11 is 0. The van der Waals surface area contributed by atoms with E-state index in [2.05, 4.69) is 18.0 Å². The van der Waals surface area contributed by atoms with Gasteiger partial charge in [0.15, 0.2) is 0 Å². The van der Waals surface area contributed by atoms with Crippen molar-refractivity contribution in [3.8, 4) is 22.9 Å². The van der Waals surface area contributed by atoms with Crippen LogP contribution in [-0.2, 0) is 6.42 Å². The fraction of sp³-hybridized carbons (Fsp3) is 0.333. The first kappa shape index (κ1) is 14.4. The lowest BCUT2D eigenvalue weighted by Gasteiger charge is -2.25. The van der Waals surface area contributed by atoms with Crippen LogP contribution in [-0.4, -0.2) is 12.1 Å². The number of ether oxygens (including phenoxy) is 1. The van der Waals surface area contributed by atoms with Gasteiger partial charge in [-0.1, -0.05) is 19.1 Å². The summed E-state index contributed by atoms with van der Waals surface area (Å²) in [5.74, 6) is 1.08. The molecule has 0 spiro atoms. The number of pyridine rings is 1. The zero-order valence-corrected chi connectivity index (χ0v) is 12.8. The number of hydrogen-bond donors (Lipinski definition) is 1. The van der Waals surface area contributed by atoms with Gasteiger partial charge in [-0.2, -0.15) is 5.26 Å². The molecule has 3 rings (SSSR count). The maximum Gasteiger partial charge on any atom is 0.266 e. The zero-order chi connectivity index (χ0) is 15.7. The normalized spacial score (nSPS) is 16.7. The Morgan fingerprint density at radius 1 is 1.32 bits per heavy atom. The van der Waals surface area contributed by atoms with E-state index in [1.165, 1.54) is 0 Å². The van der Waals surface area contributed by atoms with Gasteiger partial charge in [0.1, 0.15) is 17.4 Å². The van der Waals surface area contributed by atoms with Crippen molar-refractivity contribution in [2.24, 2.45) is 0 Å². The van der Waals surface area contributed by atoms with E-state index in [9.17, 15) is 10.1 Å². The lowest BCUT2D eigenvalue weighted by Crippen LogP contribution is -2.21. The van der Waals surface area contributed by atoms with Crippen LogP contribution in [0.3, 0.4) is 0 Å². The number of methoxy groups -OCH3 is 1. The average Bonchev–Trinajstić information content (AvgIpc) is 2.55. The van der Waals surface area contributed by atoms with Crippen LogP contribution >= 0.6 is 0 Å². The summed E-state index contributed by atoms with van der Waals surface area (Å²) in [7, 11) is 1.62. The highest BCUT2D eigenvalue weighted by Gasteiger charge is 2.24. The van der Waals surface area contributed by atoms with Crippen LogP contribution in [0.4, 0.5) is 0 Å². The van der Waals surface area contributed by atoms with Crippen molar-refractivity contribution < 1.29 is 4.74 Å². The number of nitrogens with one attached hydrogen (secondary N) is 1. The number of benzene rings is 1. The Morgan fingerprint density at radius 2 is 2.05 bits per heavy atom. The Labute approximate surface area is 129 Å². The van der Waals surface area contributed by atoms with E-state index in [-0.39, 0.29) is 11.1 Å². The third-order valence-corrected chi connectivity index (χ3v) is 4.40. The van der Waals surface area contributed by atoms with E-state index < -0.39 is 0 Å². The number of fused-ring (bicyclic) bond motifs is 1. The minimum absolute atomic E-state index is 0.206. The van der Waals surface area contributed by atoms with Gasteiger partial charge >= 0.3 is 0 Å². The molecule has 4 heteroatoms. The highest BCUT2D eigenvalue weighted by atomic mass is 16.5. The summed E-state index contributed by atoms with van der Waals surface area (Å²) < 4.78 is 5.18. The van der Waals surface area contributed by atoms with E-state index in [1.54, 1.807) is 7.11 Å². The maximum absolute atomic E-state index is 12.3. The largest absolute Gasteiger partial charge is 0.497 e. The van der Waals surface area contributed by atoms with Crippen LogP contribution in [0.25, 0.3) is 11.1 Å². The molecule has 22 heavy (non-hydrogen) atoms. The Bertz CT molecular complexity index is 798. The van der Waals surface area contributed by atoms with E-state index in [0.717, 1.165) is 47.4 Å². The average molecular weight is 294 g/mol. The molecular weight excluding hydrogens is 276 g/mol. The number of rotatable bonds is 2. The molecule has 1 aliphatic carbocycles. The van der Waals surface area contributed by atoms with E-state index in [0.29, 0.717) is 5.92 Å². The van der Waals surface area contributed by atoms with E-state index in [1.807, 2.05) is 24.3 Å². The van der Waals surface area contributed by atoms with Gasteiger partial charge in [0.05, 0.1) is 7.11 Å². The molecule has 1 aromatic carbocycles. The van der Waals surface area contributed by atoms with Crippen LogP contribution in [0.2, 0.25) is 0 Å². The second-order valence-electron chi connectivity index (χ2n) is 5.73. The molecule has 0 saturated carbocycles. The summed E-state index contributed by atoms with van der Waals surface area (Å²) in [4.78, 5) is 15.2. The monoisotopic (exact) mass is 294 g/mol. The van der Waals surface area contributed by atoms with Crippen LogP contribution < -0.4 is 10.3 Å². The van der Waals surface area contributed by atoms with Crippen molar-refractivity contribution in [1.82, 2.24) is 4.98 Å². The third-order valence-electron chi connectivity index (χ3n) is 4.40.